The first-order valence-electron chi connectivity index (χ1n) is 9.29. The number of alkyl halides is 3. The smallest absolute Gasteiger partial charge is 0.418 e. The number of rotatable bonds is 3. The lowest BCUT2D eigenvalue weighted by Gasteiger charge is -2.36. The number of esters is 1. The van der Waals surface area contributed by atoms with E-state index in [0.717, 1.165) is 17.7 Å². The number of anilines is 2. The average molecular weight is 435 g/mol. The second-order valence-corrected chi connectivity index (χ2v) is 6.97. The average Bonchev–Trinajstić information content (AvgIpc) is 3.08. The summed E-state index contributed by atoms with van der Waals surface area (Å²) in [4.78, 5) is 26.8. The fourth-order valence-corrected chi connectivity index (χ4v) is 3.56. The van der Waals surface area contributed by atoms with Gasteiger partial charge in [-0.05, 0) is 18.2 Å². The van der Waals surface area contributed by atoms with Gasteiger partial charge in [0.05, 0.1) is 23.9 Å². The normalized spacial score (nSPS) is 14.3. The molecule has 8 nitrogen and oxygen atoms in total. The highest BCUT2D eigenvalue weighted by Gasteiger charge is 2.36. The molecular formula is C20H20F3N5O3. The minimum atomic E-state index is -4.68. The number of methoxy groups -OCH3 is 1. The van der Waals surface area contributed by atoms with Gasteiger partial charge in [0.1, 0.15) is 6.07 Å². The Morgan fingerprint density at radius 3 is 2.35 bits per heavy atom. The molecule has 2 N–H and O–H groups in total. The van der Waals surface area contributed by atoms with Crippen LogP contribution in [0.1, 0.15) is 28.5 Å². The summed E-state index contributed by atoms with van der Waals surface area (Å²) in [6, 6.07) is 5.43. The summed E-state index contributed by atoms with van der Waals surface area (Å²) in [6.07, 6.45) is -3.48. The van der Waals surface area contributed by atoms with Crippen LogP contribution in [0.25, 0.3) is 5.69 Å². The summed E-state index contributed by atoms with van der Waals surface area (Å²) in [7, 11) is 1.11. The van der Waals surface area contributed by atoms with E-state index >= 15 is 0 Å². The van der Waals surface area contributed by atoms with E-state index in [2.05, 4.69) is 4.74 Å². The molecule has 0 radical (unpaired) electrons. The molecular weight excluding hydrogens is 415 g/mol. The van der Waals surface area contributed by atoms with Gasteiger partial charge in [0.25, 0.3) is 0 Å². The minimum absolute atomic E-state index is 0.00652. The van der Waals surface area contributed by atoms with E-state index in [4.69, 9.17) is 5.73 Å². The molecule has 1 aliphatic heterocycles. The van der Waals surface area contributed by atoms with Crippen LogP contribution in [0.2, 0.25) is 0 Å². The van der Waals surface area contributed by atoms with Crippen molar-refractivity contribution in [2.45, 2.75) is 13.1 Å². The highest BCUT2D eigenvalue weighted by atomic mass is 19.4. The Morgan fingerprint density at radius 2 is 1.84 bits per heavy atom. The Hall–Kier alpha value is -3.68. The van der Waals surface area contributed by atoms with Crippen molar-refractivity contribution in [3.63, 3.8) is 0 Å². The number of benzene rings is 1. The molecule has 3 rings (SSSR count). The van der Waals surface area contributed by atoms with Gasteiger partial charge in [0.2, 0.25) is 5.91 Å². The van der Waals surface area contributed by atoms with E-state index in [1.54, 1.807) is 9.80 Å². The van der Waals surface area contributed by atoms with Gasteiger partial charge >= 0.3 is 12.1 Å². The zero-order valence-electron chi connectivity index (χ0n) is 16.9. The SMILES string of the molecule is COC(=O)c1c(N)c(C#N)cn1-c1ccc(N2CCN(C(C)=O)CC2)c(C(F)(F)F)c1. The topological polar surface area (TPSA) is 105 Å². The Morgan fingerprint density at radius 1 is 1.19 bits per heavy atom. The molecule has 1 amide bonds. The van der Waals surface area contributed by atoms with E-state index in [9.17, 15) is 28.0 Å². The summed E-state index contributed by atoms with van der Waals surface area (Å²) in [5.74, 6) is -1.00. The van der Waals surface area contributed by atoms with Gasteiger partial charge in [-0.2, -0.15) is 18.4 Å². The van der Waals surface area contributed by atoms with Gasteiger partial charge in [-0.3, -0.25) is 4.79 Å². The number of carbonyl (C=O) groups is 2. The lowest BCUT2D eigenvalue weighted by atomic mass is 10.1. The van der Waals surface area contributed by atoms with Crippen molar-refractivity contribution >= 4 is 23.3 Å². The van der Waals surface area contributed by atoms with Crippen LogP contribution in [0.15, 0.2) is 24.4 Å². The highest BCUT2D eigenvalue weighted by Crippen LogP contribution is 2.39. The van der Waals surface area contributed by atoms with Crippen LogP contribution in [-0.2, 0) is 15.7 Å². The van der Waals surface area contributed by atoms with Crippen LogP contribution in [0.3, 0.4) is 0 Å². The predicted molar refractivity (Wildman–Crippen MR) is 106 cm³/mol. The summed E-state index contributed by atoms with van der Waals surface area (Å²) in [5, 5.41) is 9.21. The monoisotopic (exact) mass is 435 g/mol. The molecule has 1 aromatic carbocycles. The molecule has 31 heavy (non-hydrogen) atoms. The molecule has 0 atom stereocenters. The van der Waals surface area contributed by atoms with Gasteiger partial charge < -0.3 is 24.8 Å². The third-order valence-electron chi connectivity index (χ3n) is 5.17. The van der Waals surface area contributed by atoms with Crippen molar-refractivity contribution in [3.8, 4) is 11.8 Å². The highest BCUT2D eigenvalue weighted by molar-refractivity contribution is 5.96. The largest absolute Gasteiger partial charge is 0.464 e. The Labute approximate surface area is 176 Å². The summed E-state index contributed by atoms with van der Waals surface area (Å²) >= 11 is 0. The van der Waals surface area contributed by atoms with Crippen molar-refractivity contribution in [1.82, 2.24) is 9.47 Å². The number of hydrogen-bond donors (Lipinski definition) is 1. The third-order valence-corrected chi connectivity index (χ3v) is 5.17. The number of carbonyl (C=O) groups excluding carboxylic acids is 2. The summed E-state index contributed by atoms with van der Waals surface area (Å²) in [5.41, 5.74) is 4.45. The second-order valence-electron chi connectivity index (χ2n) is 6.97. The third kappa shape index (κ3) is 4.14. The molecule has 1 aliphatic rings. The maximum Gasteiger partial charge on any atom is 0.418 e. The maximum atomic E-state index is 13.9. The predicted octanol–water partition coefficient (Wildman–Crippen LogP) is 2.41. The van der Waals surface area contributed by atoms with Crippen LogP contribution < -0.4 is 10.6 Å². The molecule has 0 aliphatic carbocycles. The lowest BCUT2D eigenvalue weighted by Crippen LogP contribution is -2.48. The first kappa shape index (κ1) is 22.0. The molecule has 1 fully saturated rings. The molecule has 164 valence electrons. The summed E-state index contributed by atoms with van der Waals surface area (Å²) in [6.45, 7) is 2.57. The van der Waals surface area contributed by atoms with Crippen molar-refractivity contribution in [1.29, 1.82) is 5.26 Å². The number of nitrogen functional groups attached to an aromatic ring is 1. The maximum absolute atomic E-state index is 13.9. The number of ether oxygens (including phenoxy) is 1. The zero-order chi connectivity index (χ0) is 22.9. The number of hydrogen-bond acceptors (Lipinski definition) is 6. The molecule has 0 saturated carbocycles. The number of nitriles is 1. The van der Waals surface area contributed by atoms with Crippen LogP contribution in [-0.4, -0.2) is 54.6 Å². The molecule has 0 spiro atoms. The van der Waals surface area contributed by atoms with Gasteiger partial charge in [0.15, 0.2) is 5.69 Å². The standard InChI is InChI=1S/C20H20F3N5O3/c1-12(29)26-5-7-27(8-6-26)16-4-3-14(9-15(16)20(21,22)23)28-11-13(10-24)17(25)18(28)19(30)31-2/h3-4,9,11H,5-8,25H2,1-2H3. The number of nitrogens with two attached hydrogens (primary N) is 1. The van der Waals surface area contributed by atoms with Gasteiger partial charge in [0, 0.05) is 50.7 Å². The Bertz CT molecular complexity index is 1060. The van der Waals surface area contributed by atoms with Gasteiger partial charge in [-0.1, -0.05) is 0 Å². The van der Waals surface area contributed by atoms with Crippen molar-refractivity contribution < 1.29 is 27.5 Å². The minimum Gasteiger partial charge on any atom is -0.464 e. The van der Waals surface area contributed by atoms with Crippen LogP contribution in [0, 0.1) is 11.3 Å². The number of piperazine rings is 1. The van der Waals surface area contributed by atoms with Gasteiger partial charge in [-0.15, -0.1) is 0 Å². The van der Waals surface area contributed by atoms with Crippen molar-refractivity contribution in [3.05, 3.63) is 41.2 Å². The fourth-order valence-electron chi connectivity index (χ4n) is 3.56. The first-order valence-corrected chi connectivity index (χ1v) is 9.29. The van der Waals surface area contributed by atoms with Crippen LogP contribution in [0.5, 0.6) is 0 Å². The second kappa shape index (κ2) is 8.22. The molecule has 1 saturated heterocycles. The van der Waals surface area contributed by atoms with E-state index in [1.807, 2.05) is 6.07 Å². The molecule has 11 heteroatoms. The number of aromatic nitrogens is 1. The molecule has 0 bridgehead atoms. The van der Waals surface area contributed by atoms with Crippen molar-refractivity contribution in [2.75, 3.05) is 43.9 Å². The number of halogens is 3. The molecule has 0 unspecified atom stereocenters. The number of nitrogens with zero attached hydrogens (tertiary/aromatic N) is 4. The van der Waals surface area contributed by atoms with Gasteiger partial charge in [-0.25, -0.2) is 4.79 Å². The molecule has 1 aromatic heterocycles. The van der Waals surface area contributed by atoms with E-state index < -0.39 is 17.7 Å². The Kier molecular flexibility index (Phi) is 5.83. The van der Waals surface area contributed by atoms with Crippen molar-refractivity contribution in [2.24, 2.45) is 0 Å². The van der Waals surface area contributed by atoms with Crippen LogP contribution >= 0.6 is 0 Å². The quantitative estimate of drug-likeness (QED) is 0.743. The van der Waals surface area contributed by atoms with Crippen LogP contribution in [0.4, 0.5) is 24.5 Å². The zero-order valence-corrected chi connectivity index (χ0v) is 16.9. The molecule has 2 heterocycles. The fraction of sp³-hybridized carbons (Fsp3) is 0.350. The van der Waals surface area contributed by atoms with E-state index in [-0.39, 0.29) is 47.3 Å². The molecule has 2 aromatic rings. The number of amides is 1. The first-order chi connectivity index (χ1) is 14.6. The summed E-state index contributed by atoms with van der Waals surface area (Å²) < 4.78 is 47.5. The van der Waals surface area contributed by atoms with E-state index in [1.165, 1.54) is 25.3 Å². The van der Waals surface area contributed by atoms with E-state index in [0.29, 0.717) is 13.1 Å². The lowest BCUT2D eigenvalue weighted by molar-refractivity contribution is -0.137. The Balaban J connectivity index is 2.08.